The van der Waals surface area contributed by atoms with Gasteiger partial charge in [0.05, 0.1) is 12.9 Å². The summed E-state index contributed by atoms with van der Waals surface area (Å²) in [6.07, 6.45) is 1.37. The summed E-state index contributed by atoms with van der Waals surface area (Å²) in [5.74, 6) is 0.890. The molecule has 1 aliphatic heterocycles. The van der Waals surface area contributed by atoms with E-state index in [2.05, 4.69) is 4.98 Å². The molecule has 2 aromatic heterocycles. The summed E-state index contributed by atoms with van der Waals surface area (Å²) in [6.45, 7) is -0.00244. The number of hydrogen-bond acceptors (Lipinski definition) is 6. The molecule has 7 nitrogen and oxygen atoms in total. The van der Waals surface area contributed by atoms with Crippen molar-refractivity contribution in [2.45, 2.75) is 6.54 Å². The summed E-state index contributed by atoms with van der Waals surface area (Å²) < 4.78 is 17.4. The molecule has 0 aliphatic carbocycles. The lowest BCUT2D eigenvalue weighted by molar-refractivity contribution is 0.0970. The summed E-state index contributed by atoms with van der Waals surface area (Å²) in [6, 6.07) is 12.2. The maximum atomic E-state index is 12.7. The van der Waals surface area contributed by atoms with Gasteiger partial charge in [0.25, 0.3) is 5.56 Å². The first kappa shape index (κ1) is 14.7. The summed E-state index contributed by atoms with van der Waals surface area (Å²) in [7, 11) is 0. The van der Waals surface area contributed by atoms with Crippen molar-refractivity contribution in [2.75, 3.05) is 6.79 Å². The summed E-state index contributed by atoms with van der Waals surface area (Å²) in [4.78, 5) is 29.6. The van der Waals surface area contributed by atoms with E-state index in [1.807, 2.05) is 18.2 Å². The molecule has 128 valence electrons. The molecule has 4 aromatic rings. The average molecular weight is 348 g/mol. The number of benzene rings is 2. The minimum atomic E-state index is -0.389. The standard InChI is InChI=1S/C19H12N2O5/c22-13(11-5-6-15-16(7-11)25-10-24-15)8-21-9-20-17-12-3-1-2-4-14(12)26-18(17)19(21)23/h1-7,9H,8,10H2. The number of carbonyl (C=O) groups is 1. The van der Waals surface area contributed by atoms with Gasteiger partial charge >= 0.3 is 0 Å². The number of rotatable bonds is 3. The highest BCUT2D eigenvalue weighted by atomic mass is 16.7. The largest absolute Gasteiger partial charge is 0.454 e. The zero-order valence-electron chi connectivity index (χ0n) is 13.5. The van der Waals surface area contributed by atoms with Crippen LogP contribution < -0.4 is 15.0 Å². The van der Waals surface area contributed by atoms with E-state index in [4.69, 9.17) is 13.9 Å². The van der Waals surface area contributed by atoms with Gasteiger partial charge < -0.3 is 13.9 Å². The van der Waals surface area contributed by atoms with E-state index in [1.165, 1.54) is 10.9 Å². The Kier molecular flexibility index (Phi) is 3.08. The summed E-state index contributed by atoms with van der Waals surface area (Å²) in [5, 5.41) is 0.772. The molecule has 0 N–H and O–H groups in total. The van der Waals surface area contributed by atoms with Gasteiger partial charge in [0.15, 0.2) is 17.3 Å². The fourth-order valence-corrected chi connectivity index (χ4v) is 3.04. The highest BCUT2D eigenvalue weighted by Crippen LogP contribution is 2.32. The van der Waals surface area contributed by atoms with Crippen LogP contribution in [0.25, 0.3) is 22.1 Å². The molecule has 0 atom stereocenters. The topological polar surface area (TPSA) is 83.6 Å². The monoisotopic (exact) mass is 348 g/mol. The second-order valence-corrected chi connectivity index (χ2v) is 5.94. The van der Waals surface area contributed by atoms with Gasteiger partial charge in [-0.05, 0) is 30.3 Å². The number of hydrogen-bond donors (Lipinski definition) is 0. The van der Waals surface area contributed by atoms with Crippen LogP contribution in [0.2, 0.25) is 0 Å². The average Bonchev–Trinajstić information content (AvgIpc) is 3.28. The highest BCUT2D eigenvalue weighted by molar-refractivity contribution is 6.02. The zero-order valence-corrected chi connectivity index (χ0v) is 13.5. The molecule has 0 radical (unpaired) electrons. The van der Waals surface area contributed by atoms with Crippen LogP contribution in [0.4, 0.5) is 0 Å². The molecule has 0 bridgehead atoms. The molecule has 3 heterocycles. The predicted molar refractivity (Wildman–Crippen MR) is 92.7 cm³/mol. The first-order chi connectivity index (χ1) is 12.7. The number of ether oxygens (including phenoxy) is 2. The van der Waals surface area contributed by atoms with Crippen molar-refractivity contribution in [3.63, 3.8) is 0 Å². The second kappa shape index (κ2) is 5.45. The molecule has 7 heteroatoms. The highest BCUT2D eigenvalue weighted by Gasteiger charge is 2.18. The number of carbonyl (C=O) groups excluding carboxylic acids is 1. The molecule has 1 aliphatic rings. The van der Waals surface area contributed by atoms with Crippen molar-refractivity contribution in [1.82, 2.24) is 9.55 Å². The van der Waals surface area contributed by atoms with Crippen molar-refractivity contribution in [1.29, 1.82) is 0 Å². The predicted octanol–water partition coefficient (Wildman–Crippen LogP) is 2.75. The Balaban J connectivity index is 1.53. The van der Waals surface area contributed by atoms with E-state index in [0.717, 1.165) is 5.39 Å². The first-order valence-corrected chi connectivity index (χ1v) is 8.00. The number of fused-ring (bicyclic) bond motifs is 4. The maximum Gasteiger partial charge on any atom is 0.297 e. The Bertz CT molecular complexity index is 1240. The molecule has 5 rings (SSSR count). The van der Waals surface area contributed by atoms with E-state index < -0.39 is 0 Å². The molecular formula is C19H12N2O5. The minimum absolute atomic E-state index is 0.138. The Labute approximate surface area is 146 Å². The lowest BCUT2D eigenvalue weighted by atomic mass is 10.1. The maximum absolute atomic E-state index is 12.7. The third-order valence-corrected chi connectivity index (χ3v) is 4.36. The van der Waals surface area contributed by atoms with Crippen LogP contribution in [-0.4, -0.2) is 22.1 Å². The van der Waals surface area contributed by atoms with Gasteiger partial charge in [0, 0.05) is 10.9 Å². The van der Waals surface area contributed by atoms with Crippen LogP contribution in [0, 0.1) is 0 Å². The Hall–Kier alpha value is -3.61. The Morgan fingerprint density at radius 3 is 2.88 bits per heavy atom. The fraction of sp³-hybridized carbons (Fsp3) is 0.105. The third kappa shape index (κ3) is 2.17. The number of aromatic nitrogens is 2. The Morgan fingerprint density at radius 1 is 1.12 bits per heavy atom. The fourth-order valence-electron chi connectivity index (χ4n) is 3.04. The van der Waals surface area contributed by atoms with E-state index in [0.29, 0.717) is 28.2 Å². The van der Waals surface area contributed by atoms with E-state index >= 15 is 0 Å². The lowest BCUT2D eigenvalue weighted by Gasteiger charge is -2.05. The van der Waals surface area contributed by atoms with Crippen molar-refractivity contribution >= 4 is 27.9 Å². The van der Waals surface area contributed by atoms with E-state index in [9.17, 15) is 9.59 Å². The number of Topliss-reactive ketones (excluding diaryl/α,β-unsaturated/α-hetero) is 1. The van der Waals surface area contributed by atoms with Gasteiger partial charge in [-0.3, -0.25) is 14.2 Å². The Morgan fingerprint density at radius 2 is 1.96 bits per heavy atom. The second-order valence-electron chi connectivity index (χ2n) is 5.94. The van der Waals surface area contributed by atoms with Crippen molar-refractivity contribution in [2.24, 2.45) is 0 Å². The number of ketones is 1. The number of furan rings is 1. The third-order valence-electron chi connectivity index (χ3n) is 4.36. The van der Waals surface area contributed by atoms with Crippen LogP contribution >= 0.6 is 0 Å². The SMILES string of the molecule is O=C(Cn1cnc2c(oc3ccccc32)c1=O)c1ccc2c(c1)OCO2. The molecule has 0 fully saturated rings. The quantitative estimate of drug-likeness (QED) is 0.529. The lowest BCUT2D eigenvalue weighted by Crippen LogP contribution is -2.24. The molecule has 26 heavy (non-hydrogen) atoms. The van der Waals surface area contributed by atoms with Gasteiger partial charge in [-0.15, -0.1) is 0 Å². The molecule has 0 saturated heterocycles. The molecule has 0 saturated carbocycles. The zero-order chi connectivity index (χ0) is 17.7. The van der Waals surface area contributed by atoms with Crippen LogP contribution in [0.5, 0.6) is 11.5 Å². The van der Waals surface area contributed by atoms with Gasteiger partial charge in [-0.25, -0.2) is 4.98 Å². The van der Waals surface area contributed by atoms with Crippen LogP contribution in [0.15, 0.2) is 58.0 Å². The molecule has 2 aromatic carbocycles. The summed E-state index contributed by atoms with van der Waals surface area (Å²) >= 11 is 0. The van der Waals surface area contributed by atoms with Crippen LogP contribution in [0.1, 0.15) is 10.4 Å². The van der Waals surface area contributed by atoms with Crippen molar-refractivity contribution in [3.8, 4) is 11.5 Å². The van der Waals surface area contributed by atoms with Crippen molar-refractivity contribution < 1.29 is 18.7 Å². The van der Waals surface area contributed by atoms with Crippen LogP contribution in [-0.2, 0) is 6.54 Å². The van der Waals surface area contributed by atoms with Gasteiger partial charge in [-0.2, -0.15) is 0 Å². The van der Waals surface area contributed by atoms with Crippen LogP contribution in [0.3, 0.4) is 0 Å². The molecule has 0 amide bonds. The molecule has 0 spiro atoms. The number of para-hydroxylation sites is 1. The van der Waals surface area contributed by atoms with Gasteiger partial charge in [0.1, 0.15) is 11.1 Å². The number of nitrogens with zero attached hydrogens (tertiary/aromatic N) is 2. The smallest absolute Gasteiger partial charge is 0.297 e. The normalized spacial score (nSPS) is 12.8. The summed E-state index contributed by atoms with van der Waals surface area (Å²) in [5.41, 5.74) is 1.28. The van der Waals surface area contributed by atoms with E-state index in [-0.39, 0.29) is 30.3 Å². The molecular weight excluding hydrogens is 336 g/mol. The minimum Gasteiger partial charge on any atom is -0.454 e. The van der Waals surface area contributed by atoms with Gasteiger partial charge in [-0.1, -0.05) is 12.1 Å². The van der Waals surface area contributed by atoms with E-state index in [1.54, 1.807) is 24.3 Å². The first-order valence-electron chi connectivity index (χ1n) is 8.00. The van der Waals surface area contributed by atoms with Gasteiger partial charge in [0.2, 0.25) is 12.4 Å². The van der Waals surface area contributed by atoms with Crippen molar-refractivity contribution in [3.05, 3.63) is 64.7 Å². The molecule has 0 unspecified atom stereocenters.